The summed E-state index contributed by atoms with van der Waals surface area (Å²) in [5.74, 6) is -2.79. The van der Waals surface area contributed by atoms with Gasteiger partial charge in [-0.2, -0.15) is 4.31 Å². The lowest BCUT2D eigenvalue weighted by atomic mass is 10.0. The van der Waals surface area contributed by atoms with Gasteiger partial charge in [-0.05, 0) is 42.5 Å². The Morgan fingerprint density at radius 2 is 1.76 bits per heavy atom. The average Bonchev–Trinajstić information content (AvgIpc) is 2.69. The number of rotatable bonds is 6. The smallest absolute Gasteiger partial charge is 0.336 e. The van der Waals surface area contributed by atoms with Crippen LogP contribution in [-0.2, 0) is 10.0 Å². The van der Waals surface area contributed by atoms with E-state index in [1.54, 1.807) is 13.8 Å². The molecular weight excluding hydrogens is 402 g/mol. The number of fused-ring (bicyclic) bond motifs is 1. The van der Waals surface area contributed by atoms with E-state index < -0.39 is 27.6 Å². The summed E-state index contributed by atoms with van der Waals surface area (Å²) in [5.41, 5.74) is -0.354. The summed E-state index contributed by atoms with van der Waals surface area (Å²) in [5, 5.41) is 9.71. The van der Waals surface area contributed by atoms with E-state index >= 15 is 0 Å². The van der Waals surface area contributed by atoms with Crippen molar-refractivity contribution in [3.63, 3.8) is 0 Å². The maximum atomic E-state index is 14.1. The van der Waals surface area contributed by atoms with Gasteiger partial charge in [0.05, 0.1) is 21.7 Å². The van der Waals surface area contributed by atoms with Crippen LogP contribution in [0.3, 0.4) is 0 Å². The van der Waals surface area contributed by atoms with Gasteiger partial charge in [0.2, 0.25) is 10.0 Å². The second kappa shape index (κ2) is 7.84. The van der Waals surface area contributed by atoms with E-state index in [2.05, 4.69) is 4.98 Å². The number of nitrogens with zero attached hydrogens (tertiary/aromatic N) is 2. The summed E-state index contributed by atoms with van der Waals surface area (Å²) in [7, 11) is -3.81. The van der Waals surface area contributed by atoms with Crippen LogP contribution in [0.25, 0.3) is 22.2 Å². The number of carboxylic acids is 1. The van der Waals surface area contributed by atoms with Gasteiger partial charge in [-0.15, -0.1) is 0 Å². The van der Waals surface area contributed by atoms with E-state index in [0.717, 1.165) is 24.3 Å². The molecule has 1 N–H and O–H groups in total. The van der Waals surface area contributed by atoms with Gasteiger partial charge in [0.15, 0.2) is 0 Å². The van der Waals surface area contributed by atoms with Gasteiger partial charge >= 0.3 is 5.97 Å². The van der Waals surface area contributed by atoms with E-state index in [4.69, 9.17) is 0 Å². The largest absolute Gasteiger partial charge is 0.478 e. The number of sulfonamides is 1. The Balaban J connectivity index is 2.26. The molecule has 1 aromatic heterocycles. The van der Waals surface area contributed by atoms with Gasteiger partial charge in [-0.3, -0.25) is 0 Å². The van der Waals surface area contributed by atoms with Crippen molar-refractivity contribution in [1.29, 1.82) is 0 Å². The molecule has 0 saturated carbocycles. The third-order valence-electron chi connectivity index (χ3n) is 4.56. The third-order valence-corrected chi connectivity index (χ3v) is 6.60. The normalized spacial score (nSPS) is 11.9. The molecule has 152 valence electrons. The molecule has 0 saturated heterocycles. The monoisotopic (exact) mass is 420 g/mol. The second-order valence-electron chi connectivity index (χ2n) is 6.25. The number of carboxylic acid groups (broad SMARTS) is 1. The van der Waals surface area contributed by atoms with Crippen molar-refractivity contribution in [2.75, 3.05) is 13.1 Å². The standard InChI is InChI=1S/C20H18F2N2O4S/c1-3-24(4-2)29(27,28)13-6-8-18-14(10-13)15(20(25)26)11-19(23-18)16-9-12(21)5-7-17(16)22/h5-11H,3-4H2,1-2H3,(H,25,26). The van der Waals surface area contributed by atoms with Crippen molar-refractivity contribution in [3.8, 4) is 11.3 Å². The Morgan fingerprint density at radius 3 is 2.38 bits per heavy atom. The molecule has 0 spiro atoms. The maximum absolute atomic E-state index is 14.1. The summed E-state index contributed by atoms with van der Waals surface area (Å²) in [6.45, 7) is 3.93. The van der Waals surface area contributed by atoms with Crippen LogP contribution in [0.1, 0.15) is 24.2 Å². The molecule has 0 aliphatic carbocycles. The Bertz CT molecular complexity index is 1210. The molecular formula is C20H18F2N2O4S. The highest BCUT2D eigenvalue weighted by Crippen LogP contribution is 2.29. The van der Waals surface area contributed by atoms with Crippen molar-refractivity contribution in [3.05, 3.63) is 59.7 Å². The number of pyridine rings is 1. The summed E-state index contributed by atoms with van der Waals surface area (Å²) in [4.78, 5) is 16.0. The van der Waals surface area contributed by atoms with Crippen LogP contribution in [0, 0.1) is 11.6 Å². The van der Waals surface area contributed by atoms with Gasteiger partial charge in [-0.25, -0.2) is 27.0 Å². The summed E-state index contributed by atoms with van der Waals surface area (Å²) >= 11 is 0. The minimum absolute atomic E-state index is 0.0637. The highest BCUT2D eigenvalue weighted by Gasteiger charge is 2.23. The van der Waals surface area contributed by atoms with Gasteiger partial charge < -0.3 is 5.11 Å². The van der Waals surface area contributed by atoms with Crippen LogP contribution in [0.4, 0.5) is 8.78 Å². The molecule has 6 nitrogen and oxygen atoms in total. The van der Waals surface area contributed by atoms with E-state index in [-0.39, 0.29) is 45.7 Å². The zero-order chi connectivity index (χ0) is 21.3. The number of aromatic carboxylic acids is 1. The Kier molecular flexibility index (Phi) is 5.63. The van der Waals surface area contributed by atoms with Crippen molar-refractivity contribution >= 4 is 26.9 Å². The van der Waals surface area contributed by atoms with E-state index in [1.165, 1.54) is 22.5 Å². The molecule has 0 unspecified atom stereocenters. The lowest BCUT2D eigenvalue weighted by molar-refractivity contribution is 0.0699. The van der Waals surface area contributed by atoms with Crippen molar-refractivity contribution in [2.24, 2.45) is 0 Å². The topological polar surface area (TPSA) is 87.6 Å². The van der Waals surface area contributed by atoms with E-state index in [0.29, 0.717) is 0 Å². The predicted molar refractivity (Wildman–Crippen MR) is 104 cm³/mol. The van der Waals surface area contributed by atoms with Crippen LogP contribution in [0.5, 0.6) is 0 Å². The molecule has 0 radical (unpaired) electrons. The highest BCUT2D eigenvalue weighted by atomic mass is 32.2. The first-order chi connectivity index (χ1) is 13.7. The van der Waals surface area contributed by atoms with Crippen LogP contribution < -0.4 is 0 Å². The minimum Gasteiger partial charge on any atom is -0.478 e. The number of hydrogen-bond acceptors (Lipinski definition) is 4. The molecule has 0 atom stereocenters. The van der Waals surface area contributed by atoms with Gasteiger partial charge in [-0.1, -0.05) is 13.8 Å². The number of halogens is 2. The first-order valence-corrected chi connectivity index (χ1v) is 10.3. The average molecular weight is 420 g/mol. The van der Waals surface area contributed by atoms with Crippen LogP contribution in [0.2, 0.25) is 0 Å². The molecule has 0 fully saturated rings. The lowest BCUT2D eigenvalue weighted by Crippen LogP contribution is -2.30. The van der Waals surface area contributed by atoms with Gasteiger partial charge in [0, 0.05) is 24.0 Å². The van der Waals surface area contributed by atoms with Gasteiger partial charge in [0.1, 0.15) is 11.6 Å². The predicted octanol–water partition coefficient (Wildman–Crippen LogP) is 3.91. The zero-order valence-electron chi connectivity index (χ0n) is 15.7. The molecule has 3 rings (SSSR count). The summed E-state index contributed by atoms with van der Waals surface area (Å²) < 4.78 is 54.4. The number of hydrogen-bond donors (Lipinski definition) is 1. The first-order valence-electron chi connectivity index (χ1n) is 8.82. The molecule has 0 amide bonds. The maximum Gasteiger partial charge on any atom is 0.336 e. The molecule has 0 aliphatic heterocycles. The molecule has 0 aliphatic rings. The fraction of sp³-hybridized carbons (Fsp3) is 0.200. The van der Waals surface area contributed by atoms with Crippen molar-refractivity contribution in [1.82, 2.24) is 9.29 Å². The van der Waals surface area contributed by atoms with Crippen molar-refractivity contribution < 1.29 is 27.1 Å². The molecule has 29 heavy (non-hydrogen) atoms. The lowest BCUT2D eigenvalue weighted by Gasteiger charge is -2.19. The van der Waals surface area contributed by atoms with Crippen LogP contribution >= 0.6 is 0 Å². The SMILES string of the molecule is CCN(CC)S(=O)(=O)c1ccc2nc(-c3cc(F)ccc3F)cc(C(=O)O)c2c1. The van der Waals surface area contributed by atoms with Crippen LogP contribution in [-0.4, -0.2) is 41.9 Å². The Hall–Kier alpha value is -2.91. The molecule has 9 heteroatoms. The molecule has 3 aromatic rings. The number of benzene rings is 2. The quantitative estimate of drug-likeness (QED) is 0.653. The summed E-state index contributed by atoms with van der Waals surface area (Å²) in [6, 6.07) is 7.83. The minimum atomic E-state index is -3.81. The number of aromatic nitrogens is 1. The van der Waals surface area contributed by atoms with Gasteiger partial charge in [0.25, 0.3) is 0 Å². The highest BCUT2D eigenvalue weighted by molar-refractivity contribution is 7.89. The van der Waals surface area contributed by atoms with E-state index in [1.807, 2.05) is 0 Å². The first kappa shape index (κ1) is 20.8. The molecule has 2 aromatic carbocycles. The molecule has 0 bridgehead atoms. The Morgan fingerprint density at radius 1 is 1.07 bits per heavy atom. The Labute approximate surface area is 166 Å². The second-order valence-corrected chi connectivity index (χ2v) is 8.19. The number of carbonyl (C=O) groups is 1. The van der Waals surface area contributed by atoms with E-state index in [9.17, 15) is 27.1 Å². The fourth-order valence-electron chi connectivity index (χ4n) is 3.09. The van der Waals surface area contributed by atoms with Crippen LogP contribution in [0.15, 0.2) is 47.4 Å². The summed E-state index contributed by atoms with van der Waals surface area (Å²) in [6.07, 6.45) is 0. The molecule has 1 heterocycles. The fourth-order valence-corrected chi connectivity index (χ4v) is 4.57. The van der Waals surface area contributed by atoms with Crippen molar-refractivity contribution in [2.45, 2.75) is 18.7 Å². The third kappa shape index (κ3) is 3.83. The zero-order valence-corrected chi connectivity index (χ0v) is 16.5.